The van der Waals surface area contributed by atoms with Crippen LogP contribution in [0.15, 0.2) is 52.9 Å². The molecular weight excluding hydrogens is 376 g/mol. The first-order valence-electron chi connectivity index (χ1n) is 9.36. The summed E-state index contributed by atoms with van der Waals surface area (Å²) in [4.78, 5) is 4.74. The molecule has 6 nitrogen and oxygen atoms in total. The second-order valence-electron chi connectivity index (χ2n) is 6.86. The molecule has 0 spiro atoms. The van der Waals surface area contributed by atoms with Crippen LogP contribution < -0.4 is 9.64 Å². The Hall–Kier alpha value is -2.57. The summed E-state index contributed by atoms with van der Waals surface area (Å²) in [6, 6.07) is 15.7. The van der Waals surface area contributed by atoms with E-state index in [1.807, 2.05) is 36.4 Å². The Bertz CT molecular complexity index is 937. The molecule has 0 N–H and O–H groups in total. The highest BCUT2D eigenvalue weighted by molar-refractivity contribution is 6.30. The largest absolute Gasteiger partial charge is 0.497 e. The van der Waals surface area contributed by atoms with Crippen molar-refractivity contribution in [3.8, 4) is 17.2 Å². The second-order valence-corrected chi connectivity index (χ2v) is 7.29. The number of anilines is 1. The van der Waals surface area contributed by atoms with Crippen LogP contribution in [0, 0.1) is 0 Å². The lowest BCUT2D eigenvalue weighted by atomic mass is 10.2. The third kappa shape index (κ3) is 3.98. The van der Waals surface area contributed by atoms with E-state index in [2.05, 4.69) is 39.1 Å². The molecule has 3 aromatic rings. The summed E-state index contributed by atoms with van der Waals surface area (Å²) in [5, 5.41) is 9.12. The van der Waals surface area contributed by atoms with E-state index in [9.17, 15) is 0 Å². The number of hydrogen-bond acceptors (Lipinski definition) is 6. The summed E-state index contributed by atoms with van der Waals surface area (Å²) in [5.41, 5.74) is 2.02. The van der Waals surface area contributed by atoms with Crippen molar-refractivity contribution in [3.63, 3.8) is 0 Å². The van der Waals surface area contributed by atoms with Crippen molar-refractivity contribution in [1.82, 2.24) is 15.1 Å². The quantitative estimate of drug-likeness (QED) is 0.639. The zero-order valence-electron chi connectivity index (χ0n) is 16.0. The third-order valence-electron chi connectivity index (χ3n) is 5.15. The van der Waals surface area contributed by atoms with Crippen LogP contribution in [0.5, 0.6) is 5.75 Å². The molecule has 0 saturated carbocycles. The van der Waals surface area contributed by atoms with Gasteiger partial charge in [0.25, 0.3) is 0 Å². The summed E-state index contributed by atoms with van der Waals surface area (Å²) < 4.78 is 11.3. The van der Waals surface area contributed by atoms with Gasteiger partial charge < -0.3 is 14.1 Å². The fourth-order valence-electron chi connectivity index (χ4n) is 3.47. The molecule has 0 bridgehead atoms. The summed E-state index contributed by atoms with van der Waals surface area (Å²) in [6.07, 6.45) is 0. The van der Waals surface area contributed by atoms with Gasteiger partial charge in [-0.1, -0.05) is 23.7 Å². The van der Waals surface area contributed by atoms with Gasteiger partial charge in [-0.2, -0.15) is 0 Å². The highest BCUT2D eigenvalue weighted by atomic mass is 35.5. The van der Waals surface area contributed by atoms with Crippen LogP contribution in [0.2, 0.25) is 5.02 Å². The molecule has 1 atom stereocenters. The van der Waals surface area contributed by atoms with Crippen LogP contribution in [-0.2, 0) is 0 Å². The minimum absolute atomic E-state index is 0.0629. The Morgan fingerprint density at radius 3 is 2.57 bits per heavy atom. The number of nitrogens with zero attached hydrogens (tertiary/aromatic N) is 4. The smallest absolute Gasteiger partial charge is 0.247 e. The number of hydrogen-bond donors (Lipinski definition) is 0. The zero-order valence-corrected chi connectivity index (χ0v) is 16.8. The number of rotatable bonds is 5. The average molecular weight is 399 g/mol. The standard InChI is InChI=1S/C21H23ClN4O2/c1-15(20-23-24-21(28-20)16-5-3-6-17(22)13-16)25-9-11-26(12-10-25)18-7-4-8-19(14-18)27-2/h3-8,13-15H,9-12H2,1-2H3. The summed E-state index contributed by atoms with van der Waals surface area (Å²) >= 11 is 6.06. The molecule has 1 aliphatic rings. The minimum Gasteiger partial charge on any atom is -0.497 e. The molecule has 7 heteroatoms. The van der Waals surface area contributed by atoms with Crippen molar-refractivity contribution in [2.75, 3.05) is 38.2 Å². The molecule has 146 valence electrons. The van der Waals surface area contributed by atoms with Crippen LogP contribution in [0.1, 0.15) is 18.9 Å². The molecular formula is C21H23ClN4O2. The van der Waals surface area contributed by atoms with Crippen LogP contribution in [0.3, 0.4) is 0 Å². The van der Waals surface area contributed by atoms with E-state index in [1.165, 1.54) is 5.69 Å². The van der Waals surface area contributed by atoms with E-state index in [-0.39, 0.29) is 6.04 Å². The minimum atomic E-state index is 0.0629. The van der Waals surface area contributed by atoms with Gasteiger partial charge in [-0.25, -0.2) is 0 Å². The van der Waals surface area contributed by atoms with Gasteiger partial charge >= 0.3 is 0 Å². The summed E-state index contributed by atoms with van der Waals surface area (Å²) in [5.74, 6) is 2.01. The Morgan fingerprint density at radius 1 is 1.04 bits per heavy atom. The van der Waals surface area contributed by atoms with Gasteiger partial charge in [0.15, 0.2) is 0 Å². The Balaban J connectivity index is 1.41. The molecule has 28 heavy (non-hydrogen) atoms. The monoisotopic (exact) mass is 398 g/mol. The number of halogens is 1. The SMILES string of the molecule is COc1cccc(N2CCN(C(C)c3nnc(-c4cccc(Cl)c4)o3)CC2)c1. The molecule has 1 saturated heterocycles. The van der Waals surface area contributed by atoms with E-state index in [4.69, 9.17) is 20.8 Å². The van der Waals surface area contributed by atoms with Crippen molar-refractivity contribution in [3.05, 3.63) is 59.4 Å². The van der Waals surface area contributed by atoms with E-state index in [0.29, 0.717) is 16.8 Å². The van der Waals surface area contributed by atoms with Crippen molar-refractivity contribution in [1.29, 1.82) is 0 Å². The predicted molar refractivity (Wildman–Crippen MR) is 110 cm³/mol. The van der Waals surface area contributed by atoms with Crippen molar-refractivity contribution < 1.29 is 9.15 Å². The van der Waals surface area contributed by atoms with Crippen molar-refractivity contribution in [2.24, 2.45) is 0 Å². The fraction of sp³-hybridized carbons (Fsp3) is 0.333. The van der Waals surface area contributed by atoms with E-state index >= 15 is 0 Å². The summed E-state index contributed by atoms with van der Waals surface area (Å²) in [6.45, 7) is 5.83. The maximum atomic E-state index is 6.06. The lowest BCUT2D eigenvalue weighted by Crippen LogP contribution is -2.47. The van der Waals surface area contributed by atoms with Crippen LogP contribution >= 0.6 is 11.6 Å². The molecule has 0 aliphatic carbocycles. The molecule has 2 aromatic carbocycles. The van der Waals surface area contributed by atoms with Gasteiger partial charge in [0, 0.05) is 48.5 Å². The number of benzene rings is 2. The molecule has 1 aliphatic heterocycles. The Labute approximate surface area is 169 Å². The zero-order chi connectivity index (χ0) is 19.5. The first-order valence-corrected chi connectivity index (χ1v) is 9.74. The highest BCUT2D eigenvalue weighted by Crippen LogP contribution is 2.28. The molecule has 1 aromatic heterocycles. The van der Waals surface area contributed by atoms with Crippen LogP contribution in [0.4, 0.5) is 5.69 Å². The van der Waals surface area contributed by atoms with Crippen molar-refractivity contribution in [2.45, 2.75) is 13.0 Å². The number of aromatic nitrogens is 2. The highest BCUT2D eigenvalue weighted by Gasteiger charge is 2.26. The Morgan fingerprint density at radius 2 is 1.82 bits per heavy atom. The van der Waals surface area contributed by atoms with E-state index < -0.39 is 0 Å². The van der Waals surface area contributed by atoms with Crippen LogP contribution in [0.25, 0.3) is 11.5 Å². The molecule has 4 rings (SSSR count). The Kier molecular flexibility index (Phi) is 5.50. The van der Waals surface area contributed by atoms with E-state index in [1.54, 1.807) is 7.11 Å². The fourth-order valence-corrected chi connectivity index (χ4v) is 3.66. The number of methoxy groups -OCH3 is 1. The van der Waals surface area contributed by atoms with Gasteiger partial charge in [0.2, 0.25) is 11.8 Å². The third-order valence-corrected chi connectivity index (χ3v) is 5.39. The van der Waals surface area contributed by atoms with Crippen molar-refractivity contribution >= 4 is 17.3 Å². The molecule has 0 amide bonds. The molecule has 1 unspecified atom stereocenters. The first kappa shape index (κ1) is 18.8. The molecule has 1 fully saturated rings. The average Bonchev–Trinajstić information content (AvgIpc) is 3.24. The topological polar surface area (TPSA) is 54.6 Å². The maximum absolute atomic E-state index is 6.06. The lowest BCUT2D eigenvalue weighted by Gasteiger charge is -2.38. The number of piperazine rings is 1. The lowest BCUT2D eigenvalue weighted by molar-refractivity contribution is 0.173. The van der Waals surface area contributed by atoms with Gasteiger partial charge in [-0.15, -0.1) is 10.2 Å². The van der Waals surface area contributed by atoms with Gasteiger partial charge in [-0.3, -0.25) is 4.90 Å². The van der Waals surface area contributed by atoms with Gasteiger partial charge in [0.1, 0.15) is 5.75 Å². The molecule has 0 radical (unpaired) electrons. The van der Waals surface area contributed by atoms with E-state index in [0.717, 1.165) is 37.5 Å². The predicted octanol–water partition coefficient (Wildman–Crippen LogP) is 4.28. The molecule has 2 heterocycles. The maximum Gasteiger partial charge on any atom is 0.247 e. The normalized spacial score (nSPS) is 16.2. The van der Waals surface area contributed by atoms with Gasteiger partial charge in [0.05, 0.1) is 13.2 Å². The summed E-state index contributed by atoms with van der Waals surface area (Å²) in [7, 11) is 1.70. The first-order chi connectivity index (χ1) is 13.6. The second kappa shape index (κ2) is 8.20. The van der Waals surface area contributed by atoms with Crippen LogP contribution in [-0.4, -0.2) is 48.4 Å². The number of ether oxygens (including phenoxy) is 1. The van der Waals surface area contributed by atoms with Gasteiger partial charge in [-0.05, 0) is 37.3 Å².